The van der Waals surface area contributed by atoms with E-state index in [4.69, 9.17) is 18.9 Å². The number of H-pyrrole nitrogens is 1. The average Bonchev–Trinajstić information content (AvgIpc) is 3.88. The Bertz CT molecular complexity index is 2390. The van der Waals surface area contributed by atoms with Crippen LogP contribution in [0.3, 0.4) is 0 Å². The van der Waals surface area contributed by atoms with Crippen LogP contribution in [0, 0.1) is 23.2 Å². The van der Waals surface area contributed by atoms with Gasteiger partial charge in [0.25, 0.3) is 0 Å². The number of alkyl halides is 2. The van der Waals surface area contributed by atoms with E-state index in [1.165, 1.54) is 14.0 Å². The molecule has 2 saturated heterocycles. The van der Waals surface area contributed by atoms with Crippen LogP contribution < -0.4 is 9.64 Å². The third-order valence-corrected chi connectivity index (χ3v) is 16.5. The molecule has 1 spiro atoms. The van der Waals surface area contributed by atoms with Crippen molar-refractivity contribution < 1.29 is 47.2 Å². The summed E-state index contributed by atoms with van der Waals surface area (Å²) in [6, 6.07) is 11.0. The molecular weight excluding hydrogens is 811 g/mol. The molecular formula is C49H60F2N4O8. The van der Waals surface area contributed by atoms with Crippen molar-refractivity contribution in [3.63, 3.8) is 0 Å². The van der Waals surface area contributed by atoms with E-state index in [0.717, 1.165) is 47.5 Å². The van der Waals surface area contributed by atoms with E-state index < -0.39 is 57.8 Å². The number of ether oxygens (including phenoxy) is 4. The number of halogens is 2. The normalized spacial score (nSPS) is 35.7. The zero-order chi connectivity index (χ0) is 44.4. The van der Waals surface area contributed by atoms with Gasteiger partial charge in [0.2, 0.25) is 5.92 Å². The summed E-state index contributed by atoms with van der Waals surface area (Å²) >= 11 is 0. The number of benzene rings is 2. The quantitative estimate of drug-likeness (QED) is 0.151. The van der Waals surface area contributed by atoms with E-state index in [1.807, 2.05) is 49.2 Å². The number of para-hydroxylation sites is 1. The summed E-state index contributed by atoms with van der Waals surface area (Å²) in [7, 11) is 4.88. The van der Waals surface area contributed by atoms with Gasteiger partial charge < -0.3 is 38.8 Å². The predicted octanol–water partition coefficient (Wildman–Crippen LogP) is 5.90. The number of aliphatic hydroxyl groups is 1. The molecule has 12 nitrogen and oxygen atoms in total. The Hall–Kier alpha value is -4.53. The van der Waals surface area contributed by atoms with Crippen molar-refractivity contribution in [3.05, 3.63) is 70.9 Å². The SMILES string of the molecule is CC[C@]12C=CCN3CC[C@@]4(c5cc([C@@]6(C(=O)OC)C[C@@H]7C[C@@H](C(C)(F)F)CN(CCc8c6[nH]c6ccccc86)C7)c(OC)cc5N(C)[C@H]4C(O)(COC(=O)C4CC4)[C@@H]1OC(C)=O)[C@@H]32. The maximum Gasteiger partial charge on any atom is 0.322 e. The fourth-order valence-electron chi connectivity index (χ4n) is 14.0. The number of hydrogen-bond donors (Lipinski definition) is 2. The van der Waals surface area contributed by atoms with Gasteiger partial charge in [0.05, 0.1) is 26.2 Å². The van der Waals surface area contributed by atoms with E-state index in [1.54, 1.807) is 7.11 Å². The number of carbonyl (C=O) groups excluding carboxylic acids is 3. The van der Waals surface area contributed by atoms with Crippen molar-refractivity contribution >= 4 is 34.5 Å². The Morgan fingerprint density at radius 3 is 2.52 bits per heavy atom. The number of carbonyl (C=O) groups is 3. The maximum absolute atomic E-state index is 15.4. The monoisotopic (exact) mass is 870 g/mol. The Morgan fingerprint density at radius 1 is 1.05 bits per heavy atom. The summed E-state index contributed by atoms with van der Waals surface area (Å²) in [6.07, 6.45) is 6.60. The van der Waals surface area contributed by atoms with Crippen LogP contribution in [0.2, 0.25) is 0 Å². The zero-order valence-corrected chi connectivity index (χ0v) is 37.2. The average molecular weight is 871 g/mol. The number of hydrogen-bond acceptors (Lipinski definition) is 11. The van der Waals surface area contributed by atoms with Crippen molar-refractivity contribution in [2.45, 2.75) is 106 Å². The molecule has 2 aliphatic carbocycles. The molecule has 10 atom stereocenters. The molecule has 2 bridgehead atoms. The standard InChI is InChI=1S/C49H60F2N4O8/c1-7-46-16-10-18-55-20-17-47(41(46)55)34-22-35(38(60-5)23-37(34)53(4)42(47)49(59,43(46)63-28(2)56)27-62-40(57)30-13-14-30)48(44(58)61-6)24-29-21-31(45(3,50)51)26-54(25-29)19-15-33-32-11-8-9-12-36(32)52-39(33)48/h8-12,16,22-23,29-31,41-43,52,59H,7,13-15,17-21,24-27H2,1-6H3/t29-,31+,41-,42+,43+,46+,47+,48-,49?/m0/s1. The number of esters is 3. The molecule has 10 rings (SSSR count). The number of aromatic amines is 1. The number of anilines is 1. The lowest BCUT2D eigenvalue weighted by atomic mass is 9.47. The summed E-state index contributed by atoms with van der Waals surface area (Å²) < 4.78 is 55.5. The highest BCUT2D eigenvalue weighted by Gasteiger charge is 2.78. The van der Waals surface area contributed by atoms with Crippen LogP contribution in [-0.4, -0.2) is 128 Å². The van der Waals surface area contributed by atoms with Crippen LogP contribution in [0.25, 0.3) is 10.9 Å². The molecule has 7 aliphatic rings. The molecule has 3 aromatic rings. The predicted molar refractivity (Wildman–Crippen MR) is 231 cm³/mol. The van der Waals surface area contributed by atoms with Gasteiger partial charge in [0.15, 0.2) is 5.60 Å². The minimum atomic E-state index is -2.92. The lowest BCUT2D eigenvalue weighted by Gasteiger charge is -2.64. The van der Waals surface area contributed by atoms with Gasteiger partial charge in [-0.1, -0.05) is 37.3 Å². The van der Waals surface area contributed by atoms with Crippen LogP contribution in [-0.2, 0) is 45.8 Å². The number of aromatic nitrogens is 1. The molecule has 0 radical (unpaired) electrons. The van der Waals surface area contributed by atoms with Gasteiger partial charge in [0.1, 0.15) is 23.9 Å². The first-order chi connectivity index (χ1) is 30.1. The molecule has 2 N–H and O–H groups in total. The Morgan fingerprint density at radius 2 is 1.83 bits per heavy atom. The molecule has 14 heteroatoms. The topological polar surface area (TPSA) is 134 Å². The summed E-state index contributed by atoms with van der Waals surface area (Å²) in [5.41, 5.74) is -0.511. The Balaban J connectivity index is 1.24. The van der Waals surface area contributed by atoms with Gasteiger partial charge in [-0.15, -0.1) is 0 Å². The largest absolute Gasteiger partial charge is 0.496 e. The Kier molecular flexibility index (Phi) is 9.93. The van der Waals surface area contributed by atoms with Crippen molar-refractivity contribution in [2.24, 2.45) is 23.2 Å². The van der Waals surface area contributed by atoms with Crippen molar-refractivity contribution in [3.8, 4) is 5.75 Å². The highest BCUT2D eigenvalue weighted by molar-refractivity contribution is 5.94. The molecule has 6 heterocycles. The molecule has 63 heavy (non-hydrogen) atoms. The first-order valence-corrected chi connectivity index (χ1v) is 22.8. The van der Waals surface area contributed by atoms with Gasteiger partial charge in [-0.3, -0.25) is 19.3 Å². The van der Waals surface area contributed by atoms with E-state index in [-0.39, 0.29) is 49.8 Å². The number of nitrogens with zero attached hydrogens (tertiary/aromatic N) is 3. The number of likely N-dealkylation sites (N-methyl/N-ethyl adjacent to an activating group) is 1. The highest BCUT2D eigenvalue weighted by Crippen LogP contribution is 2.68. The van der Waals surface area contributed by atoms with Crippen LogP contribution in [0.1, 0.15) is 81.7 Å². The zero-order valence-electron chi connectivity index (χ0n) is 37.2. The second-order valence-electron chi connectivity index (χ2n) is 19.9. The lowest BCUT2D eigenvalue weighted by Crippen LogP contribution is -2.80. The smallest absolute Gasteiger partial charge is 0.322 e. The fourth-order valence-corrected chi connectivity index (χ4v) is 14.0. The van der Waals surface area contributed by atoms with Gasteiger partial charge in [-0.25, -0.2) is 8.78 Å². The molecule has 4 fully saturated rings. The van der Waals surface area contributed by atoms with Crippen LogP contribution in [0.4, 0.5) is 14.5 Å². The number of methoxy groups -OCH3 is 2. The summed E-state index contributed by atoms with van der Waals surface area (Å²) in [5, 5.41) is 14.6. The Labute approximate surface area is 367 Å². The minimum Gasteiger partial charge on any atom is -0.496 e. The maximum atomic E-state index is 15.4. The molecule has 338 valence electrons. The van der Waals surface area contributed by atoms with Crippen LogP contribution in [0.5, 0.6) is 5.75 Å². The molecule has 0 amide bonds. The number of piperidine rings is 1. The molecule has 5 aliphatic heterocycles. The second kappa shape index (κ2) is 14.7. The van der Waals surface area contributed by atoms with E-state index in [9.17, 15) is 14.7 Å². The molecule has 1 aromatic heterocycles. The third kappa shape index (κ3) is 6.01. The highest BCUT2D eigenvalue weighted by atomic mass is 19.3. The number of fused-ring (bicyclic) bond motifs is 6. The van der Waals surface area contributed by atoms with Crippen LogP contribution in [0.15, 0.2) is 48.6 Å². The van der Waals surface area contributed by atoms with Crippen molar-refractivity contribution in [1.82, 2.24) is 14.8 Å². The van der Waals surface area contributed by atoms with Gasteiger partial charge in [-0.2, -0.15) is 0 Å². The molecule has 2 unspecified atom stereocenters. The summed E-state index contributed by atoms with van der Waals surface area (Å²) in [4.78, 5) is 52.2. The molecule has 2 aromatic carbocycles. The van der Waals surface area contributed by atoms with E-state index in [0.29, 0.717) is 62.4 Å². The first kappa shape index (κ1) is 42.4. The van der Waals surface area contributed by atoms with Gasteiger partial charge in [-0.05, 0) is 87.6 Å². The minimum absolute atomic E-state index is 0.177. The van der Waals surface area contributed by atoms with Gasteiger partial charge in [0, 0.05) is 96.9 Å². The fraction of sp³-hybridized carbons (Fsp3) is 0.612. The van der Waals surface area contributed by atoms with Gasteiger partial charge >= 0.3 is 17.9 Å². The van der Waals surface area contributed by atoms with Crippen molar-refractivity contribution in [2.75, 3.05) is 65.5 Å². The lowest BCUT2D eigenvalue weighted by molar-refractivity contribution is -0.232. The number of nitrogens with one attached hydrogen (secondary N) is 1. The summed E-state index contributed by atoms with van der Waals surface area (Å²) in [5.74, 6) is -5.40. The third-order valence-electron chi connectivity index (χ3n) is 16.5. The summed E-state index contributed by atoms with van der Waals surface area (Å²) in [6.45, 7) is 6.69. The van der Waals surface area contributed by atoms with E-state index >= 15 is 13.6 Å². The number of rotatable bonds is 9. The first-order valence-electron chi connectivity index (χ1n) is 22.8. The van der Waals surface area contributed by atoms with E-state index in [2.05, 4.69) is 33.0 Å². The molecule has 2 saturated carbocycles. The van der Waals surface area contributed by atoms with Crippen molar-refractivity contribution in [1.29, 1.82) is 0 Å². The second-order valence-corrected chi connectivity index (χ2v) is 19.9. The van der Waals surface area contributed by atoms with Crippen LogP contribution >= 0.6 is 0 Å².